The number of hydrogen-bond donors (Lipinski definition) is 1. The van der Waals surface area contributed by atoms with Crippen LogP contribution in [-0.4, -0.2) is 10.9 Å². The van der Waals surface area contributed by atoms with Crippen molar-refractivity contribution in [3.8, 4) is 0 Å². The molecule has 56 valence electrons. The summed E-state index contributed by atoms with van der Waals surface area (Å²) in [5, 5.41) is 11.8. The van der Waals surface area contributed by atoms with Crippen molar-refractivity contribution in [2.75, 3.05) is 0 Å². The lowest BCUT2D eigenvalue weighted by Crippen LogP contribution is -2.08. The molecule has 0 bridgehead atoms. The Labute approximate surface area is 61.2 Å². The first-order chi connectivity index (χ1) is 4.75. The van der Waals surface area contributed by atoms with Crippen molar-refractivity contribution < 1.29 is 5.21 Å². The molecule has 0 atom stereocenters. The van der Waals surface area contributed by atoms with E-state index in [0.717, 1.165) is 25.0 Å². The van der Waals surface area contributed by atoms with Crippen molar-refractivity contribution in [2.45, 2.75) is 33.1 Å². The second kappa shape index (κ2) is 2.86. The maximum atomic E-state index is 8.53. The summed E-state index contributed by atoms with van der Waals surface area (Å²) in [6, 6.07) is 0. The van der Waals surface area contributed by atoms with Crippen LogP contribution in [0.3, 0.4) is 0 Å². The maximum absolute atomic E-state index is 8.53. The van der Waals surface area contributed by atoms with E-state index < -0.39 is 0 Å². The van der Waals surface area contributed by atoms with Gasteiger partial charge in [0.1, 0.15) is 0 Å². The first-order valence-corrected chi connectivity index (χ1v) is 3.63. The van der Waals surface area contributed by atoms with Gasteiger partial charge in [0.2, 0.25) is 0 Å². The molecule has 0 aromatic heterocycles. The number of oxime groups is 1. The maximum Gasteiger partial charge on any atom is 0.0824 e. The molecular formula is C8H13NO. The van der Waals surface area contributed by atoms with E-state index in [1.54, 1.807) is 0 Å². The van der Waals surface area contributed by atoms with Gasteiger partial charge in [-0.2, -0.15) is 0 Å². The average molecular weight is 139 g/mol. The summed E-state index contributed by atoms with van der Waals surface area (Å²) in [7, 11) is 0. The lowest BCUT2D eigenvalue weighted by Gasteiger charge is -2.14. The molecule has 2 nitrogen and oxygen atoms in total. The largest absolute Gasteiger partial charge is 0.411 e. The quantitative estimate of drug-likeness (QED) is 0.405. The molecule has 1 aliphatic carbocycles. The highest BCUT2D eigenvalue weighted by molar-refractivity contribution is 6.00. The monoisotopic (exact) mass is 139 g/mol. The fourth-order valence-corrected chi connectivity index (χ4v) is 1.27. The van der Waals surface area contributed by atoms with E-state index in [0.29, 0.717) is 0 Å². The molecule has 2 heteroatoms. The van der Waals surface area contributed by atoms with Gasteiger partial charge in [-0.25, -0.2) is 0 Å². The molecule has 0 radical (unpaired) electrons. The van der Waals surface area contributed by atoms with Crippen molar-refractivity contribution in [3.05, 3.63) is 11.1 Å². The Morgan fingerprint density at radius 3 is 2.50 bits per heavy atom. The van der Waals surface area contributed by atoms with Crippen LogP contribution in [0.25, 0.3) is 0 Å². The molecule has 1 rings (SSSR count). The van der Waals surface area contributed by atoms with Crippen molar-refractivity contribution >= 4 is 5.71 Å². The van der Waals surface area contributed by atoms with Crippen molar-refractivity contribution in [2.24, 2.45) is 5.16 Å². The van der Waals surface area contributed by atoms with Gasteiger partial charge >= 0.3 is 0 Å². The van der Waals surface area contributed by atoms with Crippen LogP contribution in [0.15, 0.2) is 16.3 Å². The molecule has 0 spiro atoms. The van der Waals surface area contributed by atoms with Gasteiger partial charge in [-0.05, 0) is 38.7 Å². The van der Waals surface area contributed by atoms with Crippen LogP contribution in [0, 0.1) is 0 Å². The molecular weight excluding hydrogens is 126 g/mol. The SMILES string of the molecule is CC1=C(C)/C(=N/O)CCC1. The highest BCUT2D eigenvalue weighted by atomic mass is 16.4. The van der Waals surface area contributed by atoms with Crippen LogP contribution < -0.4 is 0 Å². The Morgan fingerprint density at radius 1 is 1.30 bits per heavy atom. The minimum absolute atomic E-state index is 0.865. The van der Waals surface area contributed by atoms with Gasteiger partial charge in [-0.3, -0.25) is 0 Å². The number of nitrogens with zero attached hydrogens (tertiary/aromatic N) is 1. The number of allylic oxidation sites excluding steroid dienone is 2. The van der Waals surface area contributed by atoms with Crippen LogP contribution in [-0.2, 0) is 0 Å². The second-order valence-corrected chi connectivity index (χ2v) is 2.81. The Kier molecular flexibility index (Phi) is 2.10. The average Bonchev–Trinajstić information content (AvgIpc) is 1.95. The molecule has 1 N–H and O–H groups in total. The standard InChI is InChI=1S/C8H13NO/c1-6-4-3-5-8(9-10)7(6)2/h10H,3-5H2,1-2H3/b9-8+. The van der Waals surface area contributed by atoms with E-state index in [9.17, 15) is 0 Å². The summed E-state index contributed by atoms with van der Waals surface area (Å²) in [5.74, 6) is 0. The smallest absolute Gasteiger partial charge is 0.0824 e. The van der Waals surface area contributed by atoms with Crippen LogP contribution in [0.2, 0.25) is 0 Å². The van der Waals surface area contributed by atoms with E-state index in [1.807, 2.05) is 6.92 Å². The second-order valence-electron chi connectivity index (χ2n) is 2.81. The van der Waals surface area contributed by atoms with Crippen LogP contribution in [0.4, 0.5) is 0 Å². The Hall–Kier alpha value is -0.790. The van der Waals surface area contributed by atoms with Gasteiger partial charge in [-0.1, -0.05) is 10.7 Å². The highest BCUT2D eigenvalue weighted by Gasteiger charge is 2.11. The van der Waals surface area contributed by atoms with E-state index in [1.165, 1.54) is 11.1 Å². The summed E-state index contributed by atoms with van der Waals surface area (Å²) in [4.78, 5) is 0. The van der Waals surface area contributed by atoms with Crippen LogP contribution in [0.5, 0.6) is 0 Å². The Morgan fingerprint density at radius 2 is 2.00 bits per heavy atom. The van der Waals surface area contributed by atoms with Crippen molar-refractivity contribution in [1.82, 2.24) is 0 Å². The minimum atomic E-state index is 0.865. The fraction of sp³-hybridized carbons (Fsp3) is 0.625. The van der Waals surface area contributed by atoms with Crippen LogP contribution >= 0.6 is 0 Å². The lowest BCUT2D eigenvalue weighted by molar-refractivity contribution is 0.317. The zero-order chi connectivity index (χ0) is 7.56. The molecule has 10 heavy (non-hydrogen) atoms. The molecule has 0 amide bonds. The van der Waals surface area contributed by atoms with E-state index in [2.05, 4.69) is 12.1 Å². The molecule has 0 aromatic rings. The molecule has 0 heterocycles. The summed E-state index contributed by atoms with van der Waals surface area (Å²) >= 11 is 0. The van der Waals surface area contributed by atoms with Crippen LogP contribution in [0.1, 0.15) is 33.1 Å². The molecule has 0 unspecified atom stereocenters. The van der Waals surface area contributed by atoms with Crippen molar-refractivity contribution in [1.29, 1.82) is 0 Å². The summed E-state index contributed by atoms with van der Waals surface area (Å²) in [6.45, 7) is 4.11. The number of hydrogen-bond acceptors (Lipinski definition) is 2. The fourth-order valence-electron chi connectivity index (χ4n) is 1.27. The molecule has 0 fully saturated rings. The van der Waals surface area contributed by atoms with Gasteiger partial charge in [0.05, 0.1) is 5.71 Å². The molecule has 1 aliphatic rings. The Balaban J connectivity index is 2.89. The molecule has 0 aromatic carbocycles. The first kappa shape index (κ1) is 7.32. The van der Waals surface area contributed by atoms with Gasteiger partial charge in [0.25, 0.3) is 0 Å². The Bertz CT molecular complexity index is 191. The summed E-state index contributed by atoms with van der Waals surface area (Å²) in [5.41, 5.74) is 3.40. The number of rotatable bonds is 0. The van der Waals surface area contributed by atoms with E-state index >= 15 is 0 Å². The summed E-state index contributed by atoms with van der Waals surface area (Å²) in [6.07, 6.45) is 3.22. The van der Waals surface area contributed by atoms with Gasteiger partial charge < -0.3 is 5.21 Å². The third kappa shape index (κ3) is 1.20. The van der Waals surface area contributed by atoms with E-state index in [4.69, 9.17) is 5.21 Å². The van der Waals surface area contributed by atoms with Crippen molar-refractivity contribution in [3.63, 3.8) is 0 Å². The van der Waals surface area contributed by atoms with Gasteiger partial charge in [0.15, 0.2) is 0 Å². The van der Waals surface area contributed by atoms with Gasteiger partial charge in [0, 0.05) is 0 Å². The topological polar surface area (TPSA) is 32.6 Å². The first-order valence-electron chi connectivity index (χ1n) is 3.63. The molecule has 0 saturated carbocycles. The lowest BCUT2D eigenvalue weighted by atomic mass is 9.92. The zero-order valence-electron chi connectivity index (χ0n) is 6.52. The molecule has 0 aliphatic heterocycles. The third-order valence-corrected chi connectivity index (χ3v) is 2.16. The normalized spacial score (nSPS) is 24.0. The van der Waals surface area contributed by atoms with Gasteiger partial charge in [-0.15, -0.1) is 0 Å². The minimum Gasteiger partial charge on any atom is -0.411 e. The predicted molar refractivity (Wildman–Crippen MR) is 41.4 cm³/mol. The molecule has 0 saturated heterocycles. The zero-order valence-corrected chi connectivity index (χ0v) is 6.52. The summed E-state index contributed by atoms with van der Waals surface area (Å²) < 4.78 is 0. The highest BCUT2D eigenvalue weighted by Crippen LogP contribution is 2.21. The third-order valence-electron chi connectivity index (χ3n) is 2.16. The predicted octanol–water partition coefficient (Wildman–Crippen LogP) is 2.34. The van der Waals surface area contributed by atoms with E-state index in [-0.39, 0.29) is 0 Å².